The minimum absolute atomic E-state index is 0.199. The van der Waals surface area contributed by atoms with Crippen LogP contribution in [0, 0.1) is 20.2 Å². The van der Waals surface area contributed by atoms with Gasteiger partial charge in [0.1, 0.15) is 11.8 Å². The van der Waals surface area contributed by atoms with Crippen molar-refractivity contribution in [1.29, 1.82) is 0 Å². The number of nitrogens with zero attached hydrogens (tertiary/aromatic N) is 3. The summed E-state index contributed by atoms with van der Waals surface area (Å²) in [6.07, 6.45) is -0.199. The minimum atomic E-state index is -0.636. The van der Waals surface area contributed by atoms with Crippen LogP contribution in [0.25, 0.3) is 0 Å². The summed E-state index contributed by atoms with van der Waals surface area (Å²) < 4.78 is 5.76. The Bertz CT molecular complexity index is 766. The van der Waals surface area contributed by atoms with Gasteiger partial charge in [-0.05, 0) is 11.6 Å². The highest BCUT2D eigenvalue weighted by atomic mass is 16.6. The average molecular weight is 329 g/mol. The molecular weight excluding hydrogens is 314 g/mol. The first-order valence-electron chi connectivity index (χ1n) is 7.40. The van der Waals surface area contributed by atoms with Crippen LogP contribution < -0.4 is 4.90 Å². The van der Waals surface area contributed by atoms with E-state index in [0.29, 0.717) is 25.4 Å². The summed E-state index contributed by atoms with van der Waals surface area (Å²) in [5.41, 5.74) is 0.804. The first kappa shape index (κ1) is 15.9. The molecule has 8 heteroatoms. The predicted molar refractivity (Wildman–Crippen MR) is 87.1 cm³/mol. The number of nitro groups is 2. The van der Waals surface area contributed by atoms with Crippen molar-refractivity contribution in [3.8, 4) is 0 Å². The third-order valence-electron chi connectivity index (χ3n) is 3.95. The highest BCUT2D eigenvalue weighted by Gasteiger charge is 2.28. The van der Waals surface area contributed by atoms with Crippen LogP contribution in [-0.4, -0.2) is 29.5 Å². The lowest BCUT2D eigenvalue weighted by Gasteiger charge is -2.34. The minimum Gasteiger partial charge on any atom is -0.370 e. The van der Waals surface area contributed by atoms with Gasteiger partial charge in [-0.1, -0.05) is 30.3 Å². The van der Waals surface area contributed by atoms with E-state index in [1.165, 1.54) is 12.1 Å². The topological polar surface area (TPSA) is 98.8 Å². The van der Waals surface area contributed by atoms with E-state index in [9.17, 15) is 20.2 Å². The van der Waals surface area contributed by atoms with Gasteiger partial charge in [0.15, 0.2) is 0 Å². The molecule has 2 aromatic rings. The Morgan fingerprint density at radius 2 is 1.79 bits per heavy atom. The lowest BCUT2D eigenvalue weighted by molar-refractivity contribution is -0.393. The molecule has 0 N–H and O–H groups in total. The lowest BCUT2D eigenvalue weighted by atomic mass is 10.1. The van der Waals surface area contributed by atoms with Gasteiger partial charge in [-0.15, -0.1) is 0 Å². The van der Waals surface area contributed by atoms with Crippen molar-refractivity contribution in [2.75, 3.05) is 24.6 Å². The number of benzene rings is 2. The van der Waals surface area contributed by atoms with Crippen LogP contribution in [0.2, 0.25) is 0 Å². The van der Waals surface area contributed by atoms with Gasteiger partial charge < -0.3 is 9.64 Å². The van der Waals surface area contributed by atoms with Gasteiger partial charge in [0.25, 0.3) is 11.4 Å². The number of nitro benzene ring substituents is 2. The van der Waals surface area contributed by atoms with Crippen molar-refractivity contribution in [1.82, 2.24) is 0 Å². The molecule has 0 amide bonds. The molecule has 1 heterocycles. The summed E-state index contributed by atoms with van der Waals surface area (Å²) in [7, 11) is 0. The molecule has 1 aliphatic heterocycles. The van der Waals surface area contributed by atoms with Crippen molar-refractivity contribution in [3.05, 3.63) is 74.3 Å². The summed E-state index contributed by atoms with van der Waals surface area (Å²) in [6, 6.07) is 13.3. The maximum Gasteiger partial charge on any atom is 0.299 e. The number of ether oxygens (including phenoxy) is 1. The normalized spacial score (nSPS) is 17.5. The van der Waals surface area contributed by atoms with Crippen LogP contribution in [-0.2, 0) is 4.74 Å². The molecule has 0 spiro atoms. The van der Waals surface area contributed by atoms with E-state index in [-0.39, 0.29) is 17.5 Å². The van der Waals surface area contributed by atoms with E-state index in [2.05, 4.69) is 0 Å². The molecule has 0 bridgehead atoms. The van der Waals surface area contributed by atoms with Crippen molar-refractivity contribution in [3.63, 3.8) is 0 Å². The first-order valence-corrected chi connectivity index (χ1v) is 7.40. The average Bonchev–Trinajstić information content (AvgIpc) is 2.62. The molecule has 1 aliphatic rings. The molecule has 2 aromatic carbocycles. The molecule has 0 aromatic heterocycles. The van der Waals surface area contributed by atoms with Gasteiger partial charge in [0, 0.05) is 19.2 Å². The molecule has 1 atom stereocenters. The fourth-order valence-electron chi connectivity index (χ4n) is 2.78. The number of hydrogen-bond acceptors (Lipinski definition) is 6. The number of non-ortho nitro benzene ring substituents is 1. The summed E-state index contributed by atoms with van der Waals surface area (Å²) in [6.45, 7) is 1.36. The van der Waals surface area contributed by atoms with Crippen LogP contribution in [0.3, 0.4) is 0 Å². The summed E-state index contributed by atoms with van der Waals surface area (Å²) >= 11 is 0. The Hall–Kier alpha value is -3.00. The Balaban J connectivity index is 1.90. The zero-order valence-corrected chi connectivity index (χ0v) is 12.7. The van der Waals surface area contributed by atoms with Crippen LogP contribution in [0.15, 0.2) is 48.5 Å². The summed E-state index contributed by atoms with van der Waals surface area (Å²) in [5, 5.41) is 22.2. The maximum absolute atomic E-state index is 11.3. The second-order valence-electron chi connectivity index (χ2n) is 5.40. The largest absolute Gasteiger partial charge is 0.370 e. The molecular formula is C16H15N3O5. The van der Waals surface area contributed by atoms with Crippen LogP contribution in [0.5, 0.6) is 0 Å². The highest BCUT2D eigenvalue weighted by molar-refractivity contribution is 5.67. The number of anilines is 1. The van der Waals surface area contributed by atoms with Gasteiger partial charge in [0.05, 0.1) is 22.5 Å². The van der Waals surface area contributed by atoms with Crippen molar-refractivity contribution < 1.29 is 14.6 Å². The maximum atomic E-state index is 11.3. The summed E-state index contributed by atoms with van der Waals surface area (Å²) in [4.78, 5) is 22.8. The molecule has 0 aliphatic carbocycles. The number of hydrogen-bond donors (Lipinski definition) is 0. The smallest absolute Gasteiger partial charge is 0.299 e. The van der Waals surface area contributed by atoms with Gasteiger partial charge >= 0.3 is 0 Å². The van der Waals surface area contributed by atoms with Gasteiger partial charge in [0.2, 0.25) is 0 Å². The van der Waals surface area contributed by atoms with Crippen LogP contribution >= 0.6 is 0 Å². The molecule has 24 heavy (non-hydrogen) atoms. The predicted octanol–water partition coefficient (Wildman–Crippen LogP) is 3.08. The van der Waals surface area contributed by atoms with Crippen molar-refractivity contribution in [2.45, 2.75) is 6.10 Å². The summed E-state index contributed by atoms with van der Waals surface area (Å²) in [5.74, 6) is 0. The fraction of sp³-hybridized carbons (Fsp3) is 0.250. The standard InChI is InChI=1S/C16H15N3O5/c20-18(21)13-6-7-14(15(10-13)19(22)23)17-8-9-24-16(11-17)12-4-2-1-3-5-12/h1-7,10,16H,8-9,11H2. The molecule has 124 valence electrons. The third kappa shape index (κ3) is 3.18. The fourth-order valence-corrected chi connectivity index (χ4v) is 2.78. The Morgan fingerprint density at radius 3 is 2.46 bits per heavy atom. The van der Waals surface area contributed by atoms with E-state index in [4.69, 9.17) is 4.74 Å². The third-order valence-corrected chi connectivity index (χ3v) is 3.95. The van der Waals surface area contributed by atoms with Crippen molar-refractivity contribution in [2.24, 2.45) is 0 Å². The Kier molecular flexibility index (Phi) is 4.39. The van der Waals surface area contributed by atoms with Gasteiger partial charge in [-0.2, -0.15) is 0 Å². The zero-order chi connectivity index (χ0) is 17.1. The zero-order valence-electron chi connectivity index (χ0n) is 12.7. The van der Waals surface area contributed by atoms with E-state index in [1.54, 1.807) is 0 Å². The Morgan fingerprint density at radius 1 is 1.04 bits per heavy atom. The SMILES string of the molecule is O=[N+]([O-])c1ccc(N2CCOC(c3ccccc3)C2)c([N+](=O)[O-])c1. The van der Waals surface area contributed by atoms with Crippen LogP contribution in [0.1, 0.15) is 11.7 Å². The monoisotopic (exact) mass is 329 g/mol. The van der Waals surface area contributed by atoms with E-state index < -0.39 is 9.85 Å². The van der Waals surface area contributed by atoms with E-state index in [0.717, 1.165) is 11.6 Å². The number of rotatable bonds is 4. The van der Waals surface area contributed by atoms with Gasteiger partial charge in [-0.3, -0.25) is 20.2 Å². The van der Waals surface area contributed by atoms with Gasteiger partial charge in [-0.25, -0.2) is 0 Å². The molecule has 3 rings (SSSR count). The van der Waals surface area contributed by atoms with Crippen LogP contribution in [0.4, 0.5) is 17.1 Å². The van der Waals surface area contributed by atoms with E-state index in [1.807, 2.05) is 35.2 Å². The van der Waals surface area contributed by atoms with Crippen molar-refractivity contribution >= 4 is 17.1 Å². The first-order chi connectivity index (χ1) is 11.6. The molecule has 1 unspecified atom stereocenters. The quantitative estimate of drug-likeness (QED) is 0.631. The Labute approximate surface area is 137 Å². The molecule has 0 saturated carbocycles. The lowest BCUT2D eigenvalue weighted by Crippen LogP contribution is -2.38. The molecule has 0 radical (unpaired) electrons. The van der Waals surface area contributed by atoms with E-state index >= 15 is 0 Å². The second kappa shape index (κ2) is 6.63. The molecule has 1 saturated heterocycles. The number of morpholine rings is 1. The highest BCUT2D eigenvalue weighted by Crippen LogP contribution is 2.34. The molecule has 8 nitrogen and oxygen atoms in total. The molecule has 1 fully saturated rings. The second-order valence-corrected chi connectivity index (χ2v) is 5.40.